The van der Waals surface area contributed by atoms with Crippen LogP contribution < -0.4 is 15.1 Å². The predicted molar refractivity (Wildman–Crippen MR) is 112 cm³/mol. The van der Waals surface area contributed by atoms with Gasteiger partial charge in [0, 0.05) is 61.8 Å². The maximum Gasteiger partial charge on any atom is 0.223 e. The Kier molecular flexibility index (Phi) is 6.03. The quantitative estimate of drug-likeness (QED) is 0.786. The molecule has 7 heteroatoms. The Balaban J connectivity index is 1.27. The fourth-order valence-electron chi connectivity index (χ4n) is 4.24. The molecule has 0 bridgehead atoms. The summed E-state index contributed by atoms with van der Waals surface area (Å²) in [5, 5.41) is 3.27. The lowest BCUT2D eigenvalue weighted by molar-refractivity contribution is -0.126. The zero-order valence-corrected chi connectivity index (χ0v) is 16.5. The number of hydrogen-bond donors (Lipinski definition) is 1. The van der Waals surface area contributed by atoms with Gasteiger partial charge in [-0.15, -0.1) is 0 Å². The first-order valence-corrected chi connectivity index (χ1v) is 10.3. The van der Waals surface area contributed by atoms with Gasteiger partial charge >= 0.3 is 0 Å². The van der Waals surface area contributed by atoms with Gasteiger partial charge in [0.25, 0.3) is 0 Å². The van der Waals surface area contributed by atoms with E-state index >= 15 is 0 Å². The summed E-state index contributed by atoms with van der Waals surface area (Å²) in [7, 11) is 0. The Labute approximate surface area is 171 Å². The van der Waals surface area contributed by atoms with E-state index in [4.69, 9.17) is 0 Å². The molecule has 0 aliphatic carbocycles. The van der Waals surface area contributed by atoms with Gasteiger partial charge in [0.1, 0.15) is 12.1 Å². The van der Waals surface area contributed by atoms with Crippen molar-refractivity contribution in [3.63, 3.8) is 0 Å². The summed E-state index contributed by atoms with van der Waals surface area (Å²) in [6.45, 7) is 3.45. The van der Waals surface area contributed by atoms with Crippen molar-refractivity contribution in [2.24, 2.45) is 5.92 Å². The average molecular weight is 393 g/mol. The highest BCUT2D eigenvalue weighted by Crippen LogP contribution is 2.24. The van der Waals surface area contributed by atoms with E-state index in [1.807, 2.05) is 24.3 Å². The molecule has 29 heavy (non-hydrogen) atoms. The maximum atomic E-state index is 12.8. The molecular formula is C22H27N5O2. The van der Waals surface area contributed by atoms with Gasteiger partial charge < -0.3 is 15.1 Å². The first kappa shape index (κ1) is 19.4. The number of piperidine rings is 2. The molecule has 1 atom stereocenters. The van der Waals surface area contributed by atoms with Gasteiger partial charge in [-0.3, -0.25) is 14.6 Å². The van der Waals surface area contributed by atoms with Crippen LogP contribution in [0.4, 0.5) is 11.5 Å². The van der Waals surface area contributed by atoms with E-state index < -0.39 is 0 Å². The standard InChI is InChI=1S/C22H27N5O2/c28-16-17-3-5-20(6-4-17)26-12-7-18(8-13-26)22(29)25-19-2-1-11-27(15-19)21-14-23-9-10-24-21/h3-6,9-10,14,16,18-19H,1-2,7-8,11-13,15H2,(H,25,29)/t19-/m0/s1. The summed E-state index contributed by atoms with van der Waals surface area (Å²) in [5.74, 6) is 1.11. The molecule has 0 unspecified atom stereocenters. The summed E-state index contributed by atoms with van der Waals surface area (Å²) in [5.41, 5.74) is 1.80. The number of nitrogens with one attached hydrogen (secondary N) is 1. The number of anilines is 2. The van der Waals surface area contributed by atoms with Crippen molar-refractivity contribution in [1.29, 1.82) is 0 Å². The van der Waals surface area contributed by atoms with Crippen LogP contribution >= 0.6 is 0 Å². The summed E-state index contributed by atoms with van der Waals surface area (Å²) >= 11 is 0. The molecule has 1 amide bonds. The molecule has 2 aliphatic rings. The van der Waals surface area contributed by atoms with Crippen molar-refractivity contribution in [2.75, 3.05) is 36.0 Å². The van der Waals surface area contributed by atoms with E-state index in [9.17, 15) is 9.59 Å². The number of carbonyl (C=O) groups excluding carboxylic acids is 2. The third-order valence-corrected chi connectivity index (χ3v) is 5.90. The molecule has 4 rings (SSSR count). The molecule has 2 aliphatic heterocycles. The number of rotatable bonds is 5. The second-order valence-electron chi connectivity index (χ2n) is 7.83. The topological polar surface area (TPSA) is 78.4 Å². The van der Waals surface area contributed by atoms with Crippen molar-refractivity contribution >= 4 is 23.7 Å². The van der Waals surface area contributed by atoms with Crippen LogP contribution in [-0.4, -0.2) is 54.4 Å². The first-order valence-electron chi connectivity index (χ1n) is 10.3. The largest absolute Gasteiger partial charge is 0.371 e. The first-order chi connectivity index (χ1) is 14.2. The van der Waals surface area contributed by atoms with Crippen LogP contribution in [0.3, 0.4) is 0 Å². The lowest BCUT2D eigenvalue weighted by Gasteiger charge is -2.36. The monoisotopic (exact) mass is 393 g/mol. The highest BCUT2D eigenvalue weighted by Gasteiger charge is 2.28. The number of nitrogens with zero attached hydrogens (tertiary/aromatic N) is 4. The second kappa shape index (κ2) is 9.03. The Morgan fingerprint density at radius 1 is 1.03 bits per heavy atom. The Morgan fingerprint density at radius 2 is 1.83 bits per heavy atom. The zero-order valence-electron chi connectivity index (χ0n) is 16.5. The molecule has 1 aromatic carbocycles. The molecule has 1 N–H and O–H groups in total. The second-order valence-corrected chi connectivity index (χ2v) is 7.83. The predicted octanol–water partition coefficient (Wildman–Crippen LogP) is 2.29. The number of benzene rings is 1. The van der Waals surface area contributed by atoms with E-state index in [0.29, 0.717) is 5.56 Å². The van der Waals surface area contributed by atoms with Crippen LogP contribution in [0, 0.1) is 5.92 Å². The minimum Gasteiger partial charge on any atom is -0.371 e. The molecule has 0 radical (unpaired) electrons. The van der Waals surface area contributed by atoms with Crippen LogP contribution in [0.2, 0.25) is 0 Å². The fraction of sp³-hybridized carbons (Fsp3) is 0.455. The molecule has 0 saturated carbocycles. The van der Waals surface area contributed by atoms with Crippen LogP contribution in [0.15, 0.2) is 42.9 Å². The Morgan fingerprint density at radius 3 is 2.52 bits per heavy atom. The van der Waals surface area contributed by atoms with Gasteiger partial charge in [-0.25, -0.2) is 4.98 Å². The number of carbonyl (C=O) groups is 2. The van der Waals surface area contributed by atoms with Crippen molar-refractivity contribution in [1.82, 2.24) is 15.3 Å². The molecule has 3 heterocycles. The smallest absolute Gasteiger partial charge is 0.223 e. The highest BCUT2D eigenvalue weighted by atomic mass is 16.2. The SMILES string of the molecule is O=Cc1ccc(N2CCC(C(=O)N[C@H]3CCCN(c4cnccn4)C3)CC2)cc1. The molecule has 1 aromatic heterocycles. The van der Waals surface area contributed by atoms with Crippen molar-refractivity contribution in [3.05, 3.63) is 48.4 Å². The van der Waals surface area contributed by atoms with E-state index in [0.717, 1.165) is 69.7 Å². The van der Waals surface area contributed by atoms with Gasteiger partial charge in [0.15, 0.2) is 0 Å². The zero-order chi connectivity index (χ0) is 20.1. The third kappa shape index (κ3) is 4.72. The van der Waals surface area contributed by atoms with E-state index in [2.05, 4.69) is 25.1 Å². The summed E-state index contributed by atoms with van der Waals surface area (Å²) in [6.07, 6.45) is 9.76. The molecular weight excluding hydrogens is 366 g/mol. The van der Waals surface area contributed by atoms with Gasteiger partial charge in [0.05, 0.1) is 6.20 Å². The van der Waals surface area contributed by atoms with Crippen molar-refractivity contribution < 1.29 is 9.59 Å². The van der Waals surface area contributed by atoms with Crippen LogP contribution in [0.1, 0.15) is 36.0 Å². The number of amides is 1. The minimum absolute atomic E-state index is 0.0624. The van der Waals surface area contributed by atoms with Gasteiger partial charge in [-0.1, -0.05) is 0 Å². The summed E-state index contributed by atoms with van der Waals surface area (Å²) in [4.78, 5) is 36.6. The van der Waals surface area contributed by atoms with E-state index in [-0.39, 0.29) is 17.9 Å². The molecule has 2 fully saturated rings. The lowest BCUT2D eigenvalue weighted by atomic mass is 9.94. The van der Waals surface area contributed by atoms with Crippen molar-refractivity contribution in [2.45, 2.75) is 31.7 Å². The number of aromatic nitrogens is 2. The molecule has 2 saturated heterocycles. The normalized spacial score (nSPS) is 20.3. The molecule has 0 spiro atoms. The van der Waals surface area contributed by atoms with E-state index in [1.54, 1.807) is 18.6 Å². The van der Waals surface area contributed by atoms with E-state index in [1.165, 1.54) is 0 Å². The molecule has 7 nitrogen and oxygen atoms in total. The van der Waals surface area contributed by atoms with Crippen LogP contribution in [0.5, 0.6) is 0 Å². The lowest BCUT2D eigenvalue weighted by Crippen LogP contribution is -2.50. The van der Waals surface area contributed by atoms with Gasteiger partial charge in [0.2, 0.25) is 5.91 Å². The number of hydrogen-bond acceptors (Lipinski definition) is 6. The molecule has 152 valence electrons. The molecule has 2 aromatic rings. The third-order valence-electron chi connectivity index (χ3n) is 5.90. The fourth-order valence-corrected chi connectivity index (χ4v) is 4.24. The summed E-state index contributed by atoms with van der Waals surface area (Å²) < 4.78 is 0. The Bertz CT molecular complexity index is 819. The van der Waals surface area contributed by atoms with Crippen LogP contribution in [0.25, 0.3) is 0 Å². The highest BCUT2D eigenvalue weighted by molar-refractivity contribution is 5.79. The van der Waals surface area contributed by atoms with Crippen LogP contribution in [-0.2, 0) is 4.79 Å². The minimum atomic E-state index is 0.0624. The summed E-state index contributed by atoms with van der Waals surface area (Å²) in [6, 6.07) is 7.80. The number of aldehydes is 1. The Hall–Kier alpha value is -2.96. The van der Waals surface area contributed by atoms with Gasteiger partial charge in [-0.2, -0.15) is 0 Å². The van der Waals surface area contributed by atoms with Gasteiger partial charge in [-0.05, 0) is 49.9 Å². The van der Waals surface area contributed by atoms with Crippen molar-refractivity contribution in [3.8, 4) is 0 Å². The maximum absolute atomic E-state index is 12.8. The average Bonchev–Trinajstić information content (AvgIpc) is 2.80.